The Morgan fingerprint density at radius 1 is 0.889 bits per heavy atom. The highest BCUT2D eigenvalue weighted by molar-refractivity contribution is 5.77. The molecule has 0 heterocycles. The van der Waals surface area contributed by atoms with Gasteiger partial charge in [-0.05, 0) is 61.6 Å². The van der Waals surface area contributed by atoms with E-state index >= 15 is 0 Å². The minimum absolute atomic E-state index is 0.139. The number of hydrogen-bond acceptors (Lipinski definition) is 1. The van der Waals surface area contributed by atoms with Crippen LogP contribution in [0, 0.1) is 0 Å². The Bertz CT molecular complexity index is 591. The highest BCUT2D eigenvalue weighted by Crippen LogP contribution is 2.38. The van der Waals surface area contributed by atoms with E-state index in [1.54, 1.807) is 0 Å². The van der Waals surface area contributed by atoms with Gasteiger partial charge in [-0.25, -0.2) is 0 Å². The number of hydrogen-bond donors (Lipinski definition) is 0. The first-order chi connectivity index (χ1) is 8.53. The van der Waals surface area contributed by atoms with Crippen LogP contribution in [0.5, 0.6) is 5.75 Å². The molecule has 0 aromatic heterocycles. The van der Waals surface area contributed by atoms with E-state index in [0.717, 1.165) is 12.2 Å². The van der Waals surface area contributed by atoms with Crippen molar-refractivity contribution in [2.75, 3.05) is 0 Å². The van der Waals surface area contributed by atoms with Crippen molar-refractivity contribution in [1.82, 2.24) is 0 Å². The summed E-state index contributed by atoms with van der Waals surface area (Å²) < 4.78 is 5.93. The molecule has 1 heteroatoms. The van der Waals surface area contributed by atoms with Gasteiger partial charge in [0.05, 0.1) is 0 Å². The van der Waals surface area contributed by atoms with Crippen LogP contribution in [0.2, 0.25) is 0 Å². The summed E-state index contributed by atoms with van der Waals surface area (Å²) in [6.07, 6.45) is 1.02. The molecule has 0 fully saturated rings. The molecule has 3 rings (SSSR count). The van der Waals surface area contributed by atoms with Crippen LogP contribution in [-0.2, 0) is 6.42 Å². The van der Waals surface area contributed by atoms with Crippen LogP contribution >= 0.6 is 0 Å². The van der Waals surface area contributed by atoms with E-state index in [9.17, 15) is 0 Å². The van der Waals surface area contributed by atoms with Gasteiger partial charge in [0, 0.05) is 0 Å². The Morgan fingerprint density at radius 2 is 1.61 bits per heavy atom. The molecule has 0 unspecified atom stereocenters. The fourth-order valence-corrected chi connectivity index (χ4v) is 2.54. The molecule has 0 spiro atoms. The molecule has 2 aromatic carbocycles. The maximum absolute atomic E-state index is 5.93. The number of ether oxygens (including phenoxy) is 1. The molecule has 0 aliphatic heterocycles. The van der Waals surface area contributed by atoms with E-state index in [4.69, 9.17) is 4.74 Å². The quantitative estimate of drug-likeness (QED) is 0.609. The first-order valence-corrected chi connectivity index (χ1v) is 6.43. The topological polar surface area (TPSA) is 9.23 Å². The molecular formula is C17H18O. The standard InChI is InChI=1S/C17H18O/c1-17(2,3)18-14-8-9-16-13(11-14)10-12-6-4-5-7-15(12)16/h4-9,11H,10H2,1-3H3. The molecule has 0 amide bonds. The fourth-order valence-electron chi connectivity index (χ4n) is 2.54. The zero-order valence-electron chi connectivity index (χ0n) is 11.2. The van der Waals surface area contributed by atoms with Gasteiger partial charge in [0.2, 0.25) is 0 Å². The molecule has 0 radical (unpaired) electrons. The normalized spacial score (nSPS) is 13.1. The Labute approximate surface area is 108 Å². The molecule has 1 aliphatic carbocycles. The third kappa shape index (κ3) is 2.01. The third-order valence-corrected chi connectivity index (χ3v) is 3.19. The van der Waals surface area contributed by atoms with Crippen LogP contribution in [0.1, 0.15) is 31.9 Å². The summed E-state index contributed by atoms with van der Waals surface area (Å²) in [5.41, 5.74) is 5.37. The minimum atomic E-state index is -0.139. The summed E-state index contributed by atoms with van der Waals surface area (Å²) in [5.74, 6) is 0.967. The highest BCUT2D eigenvalue weighted by Gasteiger charge is 2.19. The van der Waals surface area contributed by atoms with Gasteiger partial charge in [-0.2, -0.15) is 0 Å². The van der Waals surface area contributed by atoms with E-state index in [0.29, 0.717) is 0 Å². The summed E-state index contributed by atoms with van der Waals surface area (Å²) in [6.45, 7) is 6.24. The van der Waals surface area contributed by atoms with Crippen molar-refractivity contribution in [3.63, 3.8) is 0 Å². The van der Waals surface area contributed by atoms with Crippen molar-refractivity contribution < 1.29 is 4.74 Å². The van der Waals surface area contributed by atoms with Gasteiger partial charge in [0.15, 0.2) is 0 Å². The van der Waals surface area contributed by atoms with Crippen LogP contribution < -0.4 is 4.74 Å². The molecule has 18 heavy (non-hydrogen) atoms. The van der Waals surface area contributed by atoms with E-state index < -0.39 is 0 Å². The van der Waals surface area contributed by atoms with Crippen LogP contribution in [0.25, 0.3) is 11.1 Å². The SMILES string of the molecule is CC(C)(C)Oc1ccc2c(c1)Cc1ccccc1-2. The van der Waals surface area contributed by atoms with E-state index in [1.165, 1.54) is 22.3 Å². The number of fused-ring (bicyclic) bond motifs is 3. The molecule has 0 bridgehead atoms. The van der Waals surface area contributed by atoms with Crippen LogP contribution in [0.4, 0.5) is 0 Å². The molecule has 92 valence electrons. The molecule has 1 aliphatic rings. The lowest BCUT2D eigenvalue weighted by molar-refractivity contribution is 0.131. The summed E-state index contributed by atoms with van der Waals surface area (Å²) in [7, 11) is 0. The second-order valence-electron chi connectivity index (χ2n) is 5.87. The first-order valence-electron chi connectivity index (χ1n) is 6.43. The van der Waals surface area contributed by atoms with Gasteiger partial charge < -0.3 is 4.74 Å². The zero-order valence-corrected chi connectivity index (χ0v) is 11.2. The van der Waals surface area contributed by atoms with E-state index in [1.807, 2.05) is 0 Å². The van der Waals surface area contributed by atoms with Gasteiger partial charge in [-0.15, -0.1) is 0 Å². The van der Waals surface area contributed by atoms with Crippen molar-refractivity contribution in [1.29, 1.82) is 0 Å². The summed E-state index contributed by atoms with van der Waals surface area (Å²) in [6, 6.07) is 15.1. The van der Waals surface area contributed by atoms with Crippen molar-refractivity contribution in [2.45, 2.75) is 32.8 Å². The number of benzene rings is 2. The smallest absolute Gasteiger partial charge is 0.120 e. The fraction of sp³-hybridized carbons (Fsp3) is 0.294. The van der Waals surface area contributed by atoms with E-state index in [2.05, 4.69) is 63.2 Å². The van der Waals surface area contributed by atoms with Crippen molar-refractivity contribution in [2.24, 2.45) is 0 Å². The molecule has 2 aromatic rings. The lowest BCUT2D eigenvalue weighted by Crippen LogP contribution is -2.22. The molecule has 1 nitrogen and oxygen atoms in total. The van der Waals surface area contributed by atoms with Gasteiger partial charge in [-0.3, -0.25) is 0 Å². The Kier molecular flexibility index (Phi) is 2.44. The number of rotatable bonds is 1. The van der Waals surface area contributed by atoms with Gasteiger partial charge >= 0.3 is 0 Å². The van der Waals surface area contributed by atoms with Gasteiger partial charge in [0.25, 0.3) is 0 Å². The zero-order chi connectivity index (χ0) is 12.8. The second kappa shape index (κ2) is 3.88. The average Bonchev–Trinajstić information content (AvgIpc) is 2.64. The van der Waals surface area contributed by atoms with Crippen molar-refractivity contribution >= 4 is 0 Å². The van der Waals surface area contributed by atoms with Crippen LogP contribution in [-0.4, -0.2) is 5.60 Å². The van der Waals surface area contributed by atoms with Crippen molar-refractivity contribution in [3.05, 3.63) is 53.6 Å². The summed E-state index contributed by atoms with van der Waals surface area (Å²) in [4.78, 5) is 0. The maximum atomic E-state index is 5.93. The Hall–Kier alpha value is -1.76. The van der Waals surface area contributed by atoms with E-state index in [-0.39, 0.29) is 5.60 Å². The lowest BCUT2D eigenvalue weighted by atomic mass is 10.1. The summed E-state index contributed by atoms with van der Waals surface area (Å²) in [5, 5.41) is 0. The van der Waals surface area contributed by atoms with Crippen molar-refractivity contribution in [3.8, 4) is 16.9 Å². The van der Waals surface area contributed by atoms with Gasteiger partial charge in [-0.1, -0.05) is 30.3 Å². The average molecular weight is 238 g/mol. The second-order valence-corrected chi connectivity index (χ2v) is 5.87. The largest absolute Gasteiger partial charge is 0.488 e. The minimum Gasteiger partial charge on any atom is -0.488 e. The monoisotopic (exact) mass is 238 g/mol. The molecule has 0 N–H and O–H groups in total. The molecular weight excluding hydrogens is 220 g/mol. The predicted octanol–water partition coefficient (Wildman–Crippen LogP) is 4.44. The van der Waals surface area contributed by atoms with Crippen LogP contribution in [0.3, 0.4) is 0 Å². The van der Waals surface area contributed by atoms with Gasteiger partial charge in [0.1, 0.15) is 11.4 Å². The van der Waals surface area contributed by atoms with Crippen LogP contribution in [0.15, 0.2) is 42.5 Å². The maximum Gasteiger partial charge on any atom is 0.120 e. The summed E-state index contributed by atoms with van der Waals surface area (Å²) >= 11 is 0. The molecule has 0 saturated carbocycles. The predicted molar refractivity (Wildman–Crippen MR) is 75.1 cm³/mol. The highest BCUT2D eigenvalue weighted by atomic mass is 16.5. The Morgan fingerprint density at radius 3 is 2.39 bits per heavy atom. The molecule has 0 saturated heterocycles. The Balaban J connectivity index is 1.98. The molecule has 0 atom stereocenters. The lowest BCUT2D eigenvalue weighted by Gasteiger charge is -2.21. The third-order valence-electron chi connectivity index (χ3n) is 3.19. The first kappa shape index (κ1) is 11.3.